The molecular weight excluding hydrogens is 284 g/mol. The van der Waals surface area contributed by atoms with Gasteiger partial charge in [0.2, 0.25) is 5.91 Å². The Morgan fingerprint density at radius 1 is 0.783 bits per heavy atom. The first-order chi connectivity index (χ1) is 11.2. The van der Waals surface area contributed by atoms with Gasteiger partial charge < -0.3 is 10.6 Å². The molecule has 3 heteroatoms. The van der Waals surface area contributed by atoms with Crippen LogP contribution >= 0.6 is 0 Å². The fourth-order valence-corrected chi connectivity index (χ4v) is 2.64. The second-order valence-electron chi connectivity index (χ2n) is 6.13. The van der Waals surface area contributed by atoms with Crippen LogP contribution in [0.2, 0.25) is 0 Å². The van der Waals surface area contributed by atoms with Crippen molar-refractivity contribution < 1.29 is 7.65 Å². The van der Waals surface area contributed by atoms with Crippen LogP contribution in [0.25, 0.3) is 0 Å². The molecule has 0 bridgehead atoms. The lowest BCUT2D eigenvalue weighted by atomic mass is 10.1. The van der Waals surface area contributed by atoms with Gasteiger partial charge in [0.1, 0.15) is 0 Å². The minimum Gasteiger partial charge on any atom is -0.356 e. The Labute approximate surface area is 149 Å². The summed E-state index contributed by atoms with van der Waals surface area (Å²) in [6.45, 7) is 12.1. The van der Waals surface area contributed by atoms with Crippen molar-refractivity contribution in [1.82, 2.24) is 10.6 Å². The minimum atomic E-state index is 0. The lowest BCUT2D eigenvalue weighted by Gasteiger charge is -2.14. The fourth-order valence-electron chi connectivity index (χ4n) is 2.64. The molecule has 0 saturated carbocycles. The summed E-state index contributed by atoms with van der Waals surface area (Å²) in [6, 6.07) is 0.725. The average molecular weight is 333 g/mol. The van der Waals surface area contributed by atoms with Crippen molar-refractivity contribution in [3.8, 4) is 0 Å². The summed E-state index contributed by atoms with van der Waals surface area (Å²) in [5.41, 5.74) is 0. The van der Waals surface area contributed by atoms with Gasteiger partial charge >= 0.3 is 0 Å². The highest BCUT2D eigenvalue weighted by atomic mass is 16.1. The molecule has 23 heavy (non-hydrogen) atoms. The summed E-state index contributed by atoms with van der Waals surface area (Å²) in [6.07, 6.45) is 14.4. The van der Waals surface area contributed by atoms with E-state index < -0.39 is 0 Å². The van der Waals surface area contributed by atoms with Crippen LogP contribution in [-0.2, 0) is 4.79 Å². The third-order valence-electron chi connectivity index (χ3n) is 4.15. The molecule has 0 aromatic rings. The molecule has 3 nitrogen and oxygen atoms in total. The van der Waals surface area contributed by atoms with E-state index in [1.165, 1.54) is 70.8 Å². The zero-order valence-electron chi connectivity index (χ0n) is 16.7. The smallest absolute Gasteiger partial charge is 0.216 e. The van der Waals surface area contributed by atoms with Gasteiger partial charge in [0.25, 0.3) is 0 Å². The molecule has 2 N–H and O–H groups in total. The Morgan fingerprint density at radius 2 is 1.17 bits per heavy atom. The first-order valence-electron chi connectivity index (χ1n) is 10.2. The molecule has 0 aliphatic heterocycles. The number of hydrogen-bond acceptors (Lipinski definition) is 2. The Balaban J connectivity index is -0.000000530. The van der Waals surface area contributed by atoms with Crippen LogP contribution in [-0.4, -0.2) is 25.0 Å². The number of carbonyl (C=O) groups excluding carboxylic acids is 1. The second kappa shape index (κ2) is 21.4. The number of amides is 1. The molecule has 0 saturated heterocycles. The highest BCUT2D eigenvalue weighted by molar-refractivity contribution is 5.72. The van der Waals surface area contributed by atoms with E-state index in [-0.39, 0.29) is 8.76 Å². The third kappa shape index (κ3) is 21.4. The van der Waals surface area contributed by atoms with Crippen LogP contribution in [0, 0.1) is 0 Å². The molecule has 144 valence electrons. The van der Waals surface area contributed by atoms with Crippen LogP contribution in [0.15, 0.2) is 0 Å². The average Bonchev–Trinajstić information content (AvgIpc) is 2.57. The monoisotopic (exact) mass is 332 g/mol. The van der Waals surface area contributed by atoms with Crippen molar-refractivity contribution >= 4 is 5.91 Å². The summed E-state index contributed by atoms with van der Waals surface area (Å²) in [7, 11) is 0. The SMILES string of the molecule is CC.CCC(CC)NCCCCCCCCCCCNC(C)=O.[HH].[HH]. The number of nitrogens with one attached hydrogen (secondary N) is 2. The molecule has 0 aromatic carbocycles. The summed E-state index contributed by atoms with van der Waals surface area (Å²) >= 11 is 0. The van der Waals surface area contributed by atoms with E-state index in [0.717, 1.165) is 19.0 Å². The van der Waals surface area contributed by atoms with E-state index in [1.54, 1.807) is 6.92 Å². The quantitative estimate of drug-likeness (QED) is 0.365. The highest BCUT2D eigenvalue weighted by Crippen LogP contribution is 2.09. The van der Waals surface area contributed by atoms with Crippen LogP contribution in [0.3, 0.4) is 0 Å². The topological polar surface area (TPSA) is 41.1 Å². The van der Waals surface area contributed by atoms with Crippen molar-refractivity contribution in [2.24, 2.45) is 0 Å². The molecular formula is C20H48N2O. The van der Waals surface area contributed by atoms with Crippen molar-refractivity contribution in [1.29, 1.82) is 0 Å². The molecule has 0 aliphatic carbocycles. The predicted octanol–water partition coefficient (Wildman–Crippen LogP) is 5.93. The predicted molar refractivity (Wildman–Crippen MR) is 108 cm³/mol. The Hall–Kier alpha value is -0.570. The van der Waals surface area contributed by atoms with E-state index >= 15 is 0 Å². The lowest BCUT2D eigenvalue weighted by Crippen LogP contribution is -2.28. The summed E-state index contributed by atoms with van der Waals surface area (Å²) < 4.78 is 0. The van der Waals surface area contributed by atoms with E-state index in [1.807, 2.05) is 13.8 Å². The number of carbonyl (C=O) groups is 1. The van der Waals surface area contributed by atoms with Crippen molar-refractivity contribution in [3.05, 3.63) is 0 Å². The van der Waals surface area contributed by atoms with Crippen molar-refractivity contribution in [2.45, 2.75) is 111 Å². The molecule has 0 spiro atoms. The summed E-state index contributed by atoms with van der Waals surface area (Å²) in [5.74, 6) is 0.0914. The number of rotatable bonds is 15. The molecule has 0 aliphatic rings. The van der Waals surface area contributed by atoms with Crippen molar-refractivity contribution in [3.63, 3.8) is 0 Å². The number of unbranched alkanes of at least 4 members (excludes halogenated alkanes) is 8. The van der Waals surface area contributed by atoms with Gasteiger partial charge in [-0.05, 0) is 32.2 Å². The van der Waals surface area contributed by atoms with Gasteiger partial charge in [-0.25, -0.2) is 0 Å². The Kier molecular flexibility index (Phi) is 23.0. The largest absolute Gasteiger partial charge is 0.356 e. The maximum absolute atomic E-state index is 10.7. The summed E-state index contributed by atoms with van der Waals surface area (Å²) in [4.78, 5) is 10.7. The van der Waals surface area contributed by atoms with E-state index in [9.17, 15) is 4.79 Å². The molecule has 0 aromatic heterocycles. The Morgan fingerprint density at radius 3 is 1.57 bits per heavy atom. The number of hydrogen-bond donors (Lipinski definition) is 2. The van der Waals surface area contributed by atoms with Crippen molar-refractivity contribution in [2.75, 3.05) is 13.1 Å². The molecule has 0 fully saturated rings. The van der Waals surface area contributed by atoms with Gasteiger partial charge in [-0.3, -0.25) is 4.79 Å². The van der Waals surface area contributed by atoms with Gasteiger partial charge in [-0.1, -0.05) is 72.6 Å². The minimum absolute atomic E-state index is 0. The van der Waals surface area contributed by atoms with Crippen LogP contribution < -0.4 is 10.6 Å². The molecule has 0 radical (unpaired) electrons. The normalized spacial score (nSPS) is 10.3. The maximum Gasteiger partial charge on any atom is 0.216 e. The van der Waals surface area contributed by atoms with E-state index in [0.29, 0.717) is 0 Å². The highest BCUT2D eigenvalue weighted by Gasteiger charge is 2.00. The van der Waals surface area contributed by atoms with Gasteiger partial charge in [0, 0.05) is 22.4 Å². The van der Waals surface area contributed by atoms with Gasteiger partial charge in [-0.15, -0.1) is 0 Å². The van der Waals surface area contributed by atoms with Gasteiger partial charge in [-0.2, -0.15) is 0 Å². The van der Waals surface area contributed by atoms with E-state index in [4.69, 9.17) is 0 Å². The molecule has 0 rings (SSSR count). The molecule has 1 amide bonds. The third-order valence-corrected chi connectivity index (χ3v) is 4.15. The Bertz CT molecular complexity index is 238. The van der Waals surface area contributed by atoms with E-state index in [2.05, 4.69) is 24.5 Å². The first kappa shape index (κ1) is 24.7. The zero-order chi connectivity index (χ0) is 17.8. The van der Waals surface area contributed by atoms with Crippen LogP contribution in [0.5, 0.6) is 0 Å². The molecule has 0 heterocycles. The lowest BCUT2D eigenvalue weighted by molar-refractivity contribution is -0.118. The summed E-state index contributed by atoms with van der Waals surface area (Å²) in [5, 5.41) is 6.48. The molecule has 0 unspecified atom stereocenters. The van der Waals surface area contributed by atoms with Gasteiger partial charge in [0.15, 0.2) is 0 Å². The first-order valence-corrected chi connectivity index (χ1v) is 10.2. The van der Waals surface area contributed by atoms with Gasteiger partial charge in [0.05, 0.1) is 0 Å². The standard InChI is InChI=1S/C18H38N2O.C2H6.2H2/c1-4-18(5-2)20-16-14-12-10-8-6-7-9-11-13-15-19-17(3)21;1-2;;/h18,20H,4-16H2,1-3H3,(H,19,21);1-2H3;2*1H. The van der Waals surface area contributed by atoms with Crippen LogP contribution in [0.1, 0.15) is 108 Å². The zero-order valence-corrected chi connectivity index (χ0v) is 16.7. The molecule has 0 atom stereocenters. The fraction of sp³-hybridized carbons (Fsp3) is 0.950. The second-order valence-corrected chi connectivity index (χ2v) is 6.13. The maximum atomic E-state index is 10.7. The van der Waals surface area contributed by atoms with Crippen LogP contribution in [0.4, 0.5) is 0 Å².